The van der Waals surface area contributed by atoms with E-state index in [0.717, 1.165) is 36.8 Å². The van der Waals surface area contributed by atoms with Crippen LogP contribution in [0.25, 0.3) is 0 Å². The molecule has 0 aromatic carbocycles. The molecular formula is C15H20N6OS2. The topological polar surface area (TPSA) is 97.0 Å². The monoisotopic (exact) mass is 364 g/mol. The van der Waals surface area contributed by atoms with E-state index >= 15 is 0 Å². The van der Waals surface area contributed by atoms with Crippen LogP contribution in [0.5, 0.6) is 0 Å². The molecule has 1 atom stereocenters. The van der Waals surface area contributed by atoms with Gasteiger partial charge in [-0.25, -0.2) is 0 Å². The number of nitrogen functional groups attached to an aromatic ring is 1. The van der Waals surface area contributed by atoms with Gasteiger partial charge in [0.15, 0.2) is 4.34 Å². The van der Waals surface area contributed by atoms with Crippen LogP contribution >= 0.6 is 23.1 Å². The van der Waals surface area contributed by atoms with Gasteiger partial charge in [-0.3, -0.25) is 14.7 Å². The number of aromatic nitrogens is 3. The summed E-state index contributed by atoms with van der Waals surface area (Å²) in [5.41, 5.74) is 6.74. The van der Waals surface area contributed by atoms with Gasteiger partial charge in [0.1, 0.15) is 0 Å². The molecular weight excluding hydrogens is 344 g/mol. The van der Waals surface area contributed by atoms with E-state index in [-0.39, 0.29) is 11.9 Å². The summed E-state index contributed by atoms with van der Waals surface area (Å²) >= 11 is 2.67. The van der Waals surface area contributed by atoms with Crippen LogP contribution in [0.3, 0.4) is 0 Å². The molecule has 128 valence electrons. The summed E-state index contributed by atoms with van der Waals surface area (Å²) in [6.45, 7) is 2.80. The molecule has 0 bridgehead atoms. The van der Waals surface area contributed by atoms with E-state index in [0.29, 0.717) is 10.9 Å². The Labute approximate surface area is 149 Å². The Balaban J connectivity index is 1.43. The predicted octanol–water partition coefficient (Wildman–Crippen LogP) is 1.39. The molecule has 3 heterocycles. The number of nitrogens with one attached hydrogen (secondary N) is 1. The molecule has 0 radical (unpaired) electrons. The number of thioether (sulfide) groups is 1. The number of amides is 1. The first-order chi connectivity index (χ1) is 11.7. The number of nitrogens with two attached hydrogens (primary N) is 1. The molecule has 1 fully saturated rings. The number of pyridine rings is 1. The highest BCUT2D eigenvalue weighted by Gasteiger charge is 2.21. The average Bonchev–Trinajstić information content (AvgIpc) is 3.00. The van der Waals surface area contributed by atoms with Crippen LogP contribution in [0, 0.1) is 0 Å². The van der Waals surface area contributed by atoms with E-state index in [1.807, 2.05) is 12.3 Å². The number of hydrogen-bond donors (Lipinski definition) is 2. The fourth-order valence-electron chi connectivity index (χ4n) is 2.74. The number of carbonyl (C=O) groups is 1. The van der Waals surface area contributed by atoms with Crippen molar-refractivity contribution >= 4 is 34.1 Å². The maximum atomic E-state index is 12.1. The van der Waals surface area contributed by atoms with Gasteiger partial charge >= 0.3 is 0 Å². The van der Waals surface area contributed by atoms with Crippen molar-refractivity contribution < 1.29 is 4.79 Å². The third-order valence-corrected chi connectivity index (χ3v) is 5.63. The minimum Gasteiger partial charge on any atom is -0.374 e. The molecule has 1 saturated heterocycles. The first-order valence-corrected chi connectivity index (χ1v) is 9.61. The van der Waals surface area contributed by atoms with E-state index in [9.17, 15) is 4.79 Å². The van der Waals surface area contributed by atoms with Gasteiger partial charge in [0, 0.05) is 31.5 Å². The second kappa shape index (κ2) is 8.41. The summed E-state index contributed by atoms with van der Waals surface area (Å²) in [6, 6.07) is 4.23. The zero-order chi connectivity index (χ0) is 16.8. The molecule has 9 heteroatoms. The lowest BCUT2D eigenvalue weighted by atomic mass is 10.1. The van der Waals surface area contributed by atoms with Crippen LogP contribution in [0.1, 0.15) is 18.4 Å². The van der Waals surface area contributed by atoms with Crippen molar-refractivity contribution in [3.05, 3.63) is 30.1 Å². The zero-order valence-electron chi connectivity index (χ0n) is 13.2. The SMILES string of the molecule is Nc1nnc(SCC(=O)NC2CCCN(Cc3cccnc3)C2)s1. The quantitative estimate of drug-likeness (QED) is 0.748. The second-order valence-corrected chi connectivity index (χ2v) is 7.93. The minimum atomic E-state index is 0.0296. The summed E-state index contributed by atoms with van der Waals surface area (Å²) in [4.78, 5) is 18.6. The van der Waals surface area contributed by atoms with Crippen molar-refractivity contribution in [3.63, 3.8) is 0 Å². The van der Waals surface area contributed by atoms with Gasteiger partial charge < -0.3 is 11.1 Å². The van der Waals surface area contributed by atoms with Crippen molar-refractivity contribution in [1.82, 2.24) is 25.4 Å². The number of carbonyl (C=O) groups excluding carboxylic acids is 1. The second-order valence-electron chi connectivity index (χ2n) is 5.70. The summed E-state index contributed by atoms with van der Waals surface area (Å²) < 4.78 is 0.726. The third-order valence-electron chi connectivity index (χ3n) is 3.75. The molecule has 0 saturated carbocycles. The Morgan fingerprint density at radius 2 is 2.42 bits per heavy atom. The predicted molar refractivity (Wildman–Crippen MR) is 95.7 cm³/mol. The Kier molecular flexibility index (Phi) is 6.00. The number of nitrogens with zero attached hydrogens (tertiary/aromatic N) is 4. The molecule has 0 aliphatic carbocycles. The Bertz CT molecular complexity index is 665. The average molecular weight is 365 g/mol. The van der Waals surface area contributed by atoms with Gasteiger partial charge in [-0.1, -0.05) is 29.2 Å². The van der Waals surface area contributed by atoms with Crippen molar-refractivity contribution in [2.24, 2.45) is 0 Å². The molecule has 3 rings (SSSR count). The van der Waals surface area contributed by atoms with Crippen LogP contribution in [0.4, 0.5) is 5.13 Å². The van der Waals surface area contributed by atoms with Gasteiger partial charge in [-0.15, -0.1) is 10.2 Å². The van der Waals surface area contributed by atoms with Crippen molar-refractivity contribution in [2.75, 3.05) is 24.6 Å². The molecule has 2 aromatic rings. The van der Waals surface area contributed by atoms with Gasteiger partial charge in [-0.2, -0.15) is 0 Å². The molecule has 7 nitrogen and oxygen atoms in total. The van der Waals surface area contributed by atoms with E-state index in [2.05, 4.69) is 31.5 Å². The first kappa shape index (κ1) is 17.1. The first-order valence-electron chi connectivity index (χ1n) is 7.81. The fraction of sp³-hybridized carbons (Fsp3) is 0.467. The van der Waals surface area contributed by atoms with Crippen molar-refractivity contribution in [3.8, 4) is 0 Å². The number of piperidine rings is 1. The molecule has 2 aromatic heterocycles. The smallest absolute Gasteiger partial charge is 0.230 e. The lowest BCUT2D eigenvalue weighted by Crippen LogP contribution is -2.47. The van der Waals surface area contributed by atoms with Crippen LogP contribution in [0.2, 0.25) is 0 Å². The van der Waals surface area contributed by atoms with Crippen LogP contribution in [0.15, 0.2) is 28.9 Å². The van der Waals surface area contributed by atoms with Crippen molar-refractivity contribution in [2.45, 2.75) is 29.8 Å². The maximum absolute atomic E-state index is 12.1. The van der Waals surface area contributed by atoms with E-state index in [1.54, 1.807) is 6.20 Å². The molecule has 1 aliphatic rings. The number of anilines is 1. The van der Waals surface area contributed by atoms with Crippen LogP contribution < -0.4 is 11.1 Å². The fourth-order valence-corrected chi connectivity index (χ4v) is 4.19. The highest BCUT2D eigenvalue weighted by molar-refractivity contribution is 8.01. The molecule has 0 spiro atoms. The summed E-state index contributed by atoms with van der Waals surface area (Å²) in [5, 5.41) is 11.2. The van der Waals surface area contributed by atoms with Crippen LogP contribution in [-0.2, 0) is 11.3 Å². The highest BCUT2D eigenvalue weighted by atomic mass is 32.2. The normalized spacial score (nSPS) is 18.4. The van der Waals surface area contributed by atoms with E-state index in [1.165, 1.54) is 28.7 Å². The lowest BCUT2D eigenvalue weighted by molar-refractivity contribution is -0.119. The van der Waals surface area contributed by atoms with Gasteiger partial charge in [0.25, 0.3) is 0 Å². The summed E-state index contributed by atoms with van der Waals surface area (Å²) in [5.74, 6) is 0.371. The maximum Gasteiger partial charge on any atom is 0.230 e. The standard InChI is InChI=1S/C15H20N6OS2/c16-14-19-20-15(24-14)23-10-13(22)18-12-4-2-6-21(9-12)8-11-3-1-5-17-7-11/h1,3,5,7,12H,2,4,6,8-10H2,(H2,16,19)(H,18,22). The van der Waals surface area contributed by atoms with E-state index < -0.39 is 0 Å². The summed E-state index contributed by atoms with van der Waals surface area (Å²) in [7, 11) is 0. The Morgan fingerprint density at radius 3 is 3.17 bits per heavy atom. The number of hydrogen-bond acceptors (Lipinski definition) is 8. The van der Waals surface area contributed by atoms with E-state index in [4.69, 9.17) is 5.73 Å². The lowest BCUT2D eigenvalue weighted by Gasteiger charge is -2.33. The van der Waals surface area contributed by atoms with Gasteiger partial charge in [-0.05, 0) is 31.0 Å². The molecule has 24 heavy (non-hydrogen) atoms. The summed E-state index contributed by atoms with van der Waals surface area (Å²) in [6.07, 6.45) is 5.79. The van der Waals surface area contributed by atoms with Gasteiger partial charge in [0.2, 0.25) is 11.0 Å². The molecule has 1 aliphatic heterocycles. The number of rotatable bonds is 6. The minimum absolute atomic E-state index is 0.0296. The largest absolute Gasteiger partial charge is 0.374 e. The highest BCUT2D eigenvalue weighted by Crippen LogP contribution is 2.23. The van der Waals surface area contributed by atoms with Crippen LogP contribution in [-0.4, -0.2) is 50.9 Å². The molecule has 3 N–H and O–H groups in total. The third kappa shape index (κ3) is 5.15. The Hall–Kier alpha value is -1.71. The Morgan fingerprint density at radius 1 is 1.50 bits per heavy atom. The number of likely N-dealkylation sites (tertiary alicyclic amines) is 1. The van der Waals surface area contributed by atoms with Crippen molar-refractivity contribution in [1.29, 1.82) is 0 Å². The zero-order valence-corrected chi connectivity index (χ0v) is 14.9. The molecule has 1 unspecified atom stereocenters. The molecule has 1 amide bonds. The van der Waals surface area contributed by atoms with Gasteiger partial charge in [0.05, 0.1) is 5.75 Å².